The monoisotopic (exact) mass is 577 g/mol. The minimum Gasteiger partial charge on any atom is -0.496 e. The molecule has 2 aromatic carbocycles. The molecule has 0 saturated heterocycles. The van der Waals surface area contributed by atoms with E-state index in [-0.39, 0.29) is 24.5 Å². The fraction of sp³-hybridized carbons (Fsp3) is 0.485. The van der Waals surface area contributed by atoms with Crippen molar-refractivity contribution in [3.63, 3.8) is 0 Å². The van der Waals surface area contributed by atoms with Crippen LogP contribution in [0.3, 0.4) is 0 Å². The number of aryl methyl sites for hydroxylation is 1. The van der Waals surface area contributed by atoms with Gasteiger partial charge in [-0.2, -0.15) is 0 Å². The molecule has 2 amide bonds. The first-order valence-corrected chi connectivity index (χ1v) is 14.8. The van der Waals surface area contributed by atoms with Crippen LogP contribution in [-0.4, -0.2) is 49.4 Å². The molecule has 1 fully saturated rings. The number of fused-ring (bicyclic) bond motifs is 1. The second kappa shape index (κ2) is 13.8. The molecule has 9 heteroatoms. The molecule has 1 saturated carbocycles. The van der Waals surface area contributed by atoms with Gasteiger partial charge in [-0.25, -0.2) is 4.79 Å². The van der Waals surface area contributed by atoms with Crippen LogP contribution in [0.2, 0.25) is 0 Å². The molecule has 0 spiro atoms. The summed E-state index contributed by atoms with van der Waals surface area (Å²) in [5.74, 6) is -0.0125. The average molecular weight is 578 g/mol. The maximum absolute atomic E-state index is 13.0. The van der Waals surface area contributed by atoms with E-state index in [1.165, 1.54) is 13.5 Å². The van der Waals surface area contributed by atoms with Gasteiger partial charge < -0.3 is 24.1 Å². The Hall–Kier alpha value is -4.01. The molecule has 9 nitrogen and oxygen atoms in total. The zero-order valence-corrected chi connectivity index (χ0v) is 25.4. The number of amides is 2. The van der Waals surface area contributed by atoms with E-state index in [1.54, 1.807) is 19.2 Å². The lowest BCUT2D eigenvalue weighted by molar-refractivity contribution is -0.152. The van der Waals surface area contributed by atoms with Crippen LogP contribution in [0.5, 0.6) is 5.75 Å². The fourth-order valence-corrected chi connectivity index (χ4v) is 5.84. The Labute approximate surface area is 247 Å². The molecule has 1 aliphatic rings. The third-order valence-corrected chi connectivity index (χ3v) is 8.63. The number of nitrogens with zero attached hydrogens (tertiary/aromatic N) is 1. The quantitative estimate of drug-likeness (QED) is 0.257. The summed E-state index contributed by atoms with van der Waals surface area (Å²) in [6, 6.07) is 11.2. The summed E-state index contributed by atoms with van der Waals surface area (Å²) in [7, 11) is 4.94. The summed E-state index contributed by atoms with van der Waals surface area (Å²) >= 11 is 0. The Kier molecular flexibility index (Phi) is 10.1. The molecule has 42 heavy (non-hydrogen) atoms. The number of nitrogens with one attached hydrogen (secondary N) is 2. The highest BCUT2D eigenvalue weighted by atomic mass is 16.6. The highest BCUT2D eigenvalue weighted by Gasteiger charge is 2.36. The zero-order valence-electron chi connectivity index (χ0n) is 25.4. The second-order valence-corrected chi connectivity index (χ2v) is 11.2. The standard InChI is InChI=1S/C33H43N3O6/c1-6-33(7-2,31(38)41-5)21-34-30(37)23-14-13-22(29(18-23)40-4)17-24-20-36(3)28-16-15-25(19-27(24)28)35-32(39)42-26-11-9-8-10-12-26/h13-16,18-20,26H,6-12,17,21H2,1-5H3,(H,34,37)(H,35,39). The SMILES string of the molecule is CCC(CC)(CNC(=O)c1ccc(Cc2cn(C)c3ccc(NC(=O)OC4CCCCC4)cc23)c(OC)c1)C(=O)OC. The number of rotatable bonds is 11. The molecule has 4 rings (SSSR count). The molecule has 1 aliphatic carbocycles. The van der Waals surface area contributed by atoms with E-state index in [4.69, 9.17) is 14.2 Å². The lowest BCUT2D eigenvalue weighted by Crippen LogP contribution is -2.43. The van der Waals surface area contributed by atoms with Crippen LogP contribution in [0.15, 0.2) is 42.6 Å². The molecule has 2 N–H and O–H groups in total. The fourth-order valence-electron chi connectivity index (χ4n) is 5.84. The lowest BCUT2D eigenvalue weighted by atomic mass is 9.82. The van der Waals surface area contributed by atoms with E-state index in [1.807, 2.05) is 45.2 Å². The van der Waals surface area contributed by atoms with Gasteiger partial charge in [0, 0.05) is 48.4 Å². The molecule has 0 bridgehead atoms. The minimum absolute atomic E-state index is 0.0130. The van der Waals surface area contributed by atoms with Crippen molar-refractivity contribution < 1.29 is 28.6 Å². The second-order valence-electron chi connectivity index (χ2n) is 11.2. The van der Waals surface area contributed by atoms with Crippen LogP contribution in [-0.2, 0) is 27.7 Å². The normalized spacial score (nSPS) is 13.9. The van der Waals surface area contributed by atoms with Crippen molar-refractivity contribution in [1.29, 1.82) is 0 Å². The van der Waals surface area contributed by atoms with Gasteiger partial charge in [-0.05, 0) is 80.0 Å². The predicted molar refractivity (Wildman–Crippen MR) is 163 cm³/mol. The van der Waals surface area contributed by atoms with Gasteiger partial charge in [0.25, 0.3) is 5.91 Å². The molecule has 1 heterocycles. The summed E-state index contributed by atoms with van der Waals surface area (Å²) in [6.07, 6.45) is 8.55. The van der Waals surface area contributed by atoms with E-state index in [9.17, 15) is 14.4 Å². The maximum Gasteiger partial charge on any atom is 0.411 e. The van der Waals surface area contributed by atoms with Gasteiger partial charge in [-0.3, -0.25) is 14.9 Å². The van der Waals surface area contributed by atoms with E-state index in [0.717, 1.165) is 47.7 Å². The van der Waals surface area contributed by atoms with Gasteiger partial charge >= 0.3 is 12.1 Å². The Morgan fingerprint density at radius 2 is 1.71 bits per heavy atom. The van der Waals surface area contributed by atoms with Gasteiger partial charge in [-0.15, -0.1) is 0 Å². The Bertz CT molecular complexity index is 1420. The van der Waals surface area contributed by atoms with E-state index < -0.39 is 11.5 Å². The number of carbonyl (C=O) groups excluding carboxylic acids is 3. The molecule has 0 aliphatic heterocycles. The molecule has 0 atom stereocenters. The molecule has 226 valence electrons. The van der Waals surface area contributed by atoms with Crippen molar-refractivity contribution in [3.05, 3.63) is 59.3 Å². The number of aromatic nitrogens is 1. The number of benzene rings is 2. The summed E-state index contributed by atoms with van der Waals surface area (Å²) in [5, 5.41) is 6.82. The first kappa shape index (κ1) is 30.9. The van der Waals surface area contributed by atoms with Crippen LogP contribution in [0.4, 0.5) is 10.5 Å². The first-order valence-electron chi connectivity index (χ1n) is 14.8. The van der Waals surface area contributed by atoms with Gasteiger partial charge in [0.05, 0.1) is 19.6 Å². The van der Waals surface area contributed by atoms with Crippen molar-refractivity contribution in [2.24, 2.45) is 12.5 Å². The summed E-state index contributed by atoms with van der Waals surface area (Å²) in [5.41, 5.74) is 3.37. The van der Waals surface area contributed by atoms with Crippen LogP contribution < -0.4 is 15.4 Å². The summed E-state index contributed by atoms with van der Waals surface area (Å²) in [6.45, 7) is 4.02. The Morgan fingerprint density at radius 1 is 0.976 bits per heavy atom. The van der Waals surface area contributed by atoms with Crippen LogP contribution in [0.1, 0.15) is 80.3 Å². The van der Waals surface area contributed by atoms with Crippen LogP contribution in [0.25, 0.3) is 10.9 Å². The number of hydrogen-bond donors (Lipinski definition) is 2. The lowest BCUT2D eigenvalue weighted by Gasteiger charge is -2.28. The van der Waals surface area contributed by atoms with Crippen molar-refractivity contribution in [2.75, 3.05) is 26.1 Å². The Balaban J connectivity index is 1.49. The number of hydrogen-bond acceptors (Lipinski definition) is 6. The van der Waals surface area contributed by atoms with Crippen molar-refractivity contribution in [2.45, 2.75) is 71.3 Å². The Morgan fingerprint density at radius 3 is 2.38 bits per heavy atom. The smallest absolute Gasteiger partial charge is 0.411 e. The topological polar surface area (TPSA) is 108 Å². The van der Waals surface area contributed by atoms with Crippen molar-refractivity contribution in [3.8, 4) is 5.75 Å². The van der Waals surface area contributed by atoms with Gasteiger partial charge in [0.2, 0.25) is 0 Å². The summed E-state index contributed by atoms with van der Waals surface area (Å²) < 4.78 is 18.4. The predicted octanol–water partition coefficient (Wildman–Crippen LogP) is 6.37. The number of esters is 1. The number of ether oxygens (including phenoxy) is 3. The molecule has 3 aromatic rings. The van der Waals surface area contributed by atoms with Crippen molar-refractivity contribution >= 4 is 34.6 Å². The number of anilines is 1. The van der Waals surface area contributed by atoms with Gasteiger partial charge in [-0.1, -0.05) is 26.3 Å². The zero-order chi connectivity index (χ0) is 30.3. The van der Waals surface area contributed by atoms with E-state index >= 15 is 0 Å². The molecule has 0 radical (unpaired) electrons. The maximum atomic E-state index is 13.0. The number of methoxy groups -OCH3 is 2. The highest BCUT2D eigenvalue weighted by Crippen LogP contribution is 2.31. The first-order chi connectivity index (χ1) is 20.2. The molecular weight excluding hydrogens is 534 g/mol. The van der Waals surface area contributed by atoms with Gasteiger partial charge in [0.15, 0.2) is 0 Å². The molecule has 0 unspecified atom stereocenters. The van der Waals surface area contributed by atoms with Crippen molar-refractivity contribution in [1.82, 2.24) is 9.88 Å². The third kappa shape index (κ3) is 6.89. The highest BCUT2D eigenvalue weighted by molar-refractivity contribution is 5.95. The van der Waals surface area contributed by atoms with E-state index in [0.29, 0.717) is 36.3 Å². The van der Waals surface area contributed by atoms with Crippen LogP contribution in [0, 0.1) is 5.41 Å². The largest absolute Gasteiger partial charge is 0.496 e. The molecular formula is C33H43N3O6. The minimum atomic E-state index is -0.761. The van der Waals surface area contributed by atoms with E-state index in [2.05, 4.69) is 21.4 Å². The molecule has 1 aromatic heterocycles. The summed E-state index contributed by atoms with van der Waals surface area (Å²) in [4.78, 5) is 38.0. The van der Waals surface area contributed by atoms with Crippen LogP contribution >= 0.6 is 0 Å². The van der Waals surface area contributed by atoms with Gasteiger partial charge in [0.1, 0.15) is 11.9 Å². The third-order valence-electron chi connectivity index (χ3n) is 8.63. The average Bonchev–Trinajstić information content (AvgIpc) is 3.31. The number of carbonyl (C=O) groups is 3.